The zero-order chi connectivity index (χ0) is 12.4. The van der Waals surface area contributed by atoms with Crippen molar-refractivity contribution in [3.8, 4) is 0 Å². The highest BCUT2D eigenvalue weighted by atomic mass is 79.9. The van der Waals surface area contributed by atoms with Gasteiger partial charge >= 0.3 is 0 Å². The molecule has 88 valence electrons. The van der Waals surface area contributed by atoms with E-state index >= 15 is 0 Å². The minimum Gasteiger partial charge on any atom is -0.319 e. The molecule has 2 aromatic rings. The molecule has 0 bridgehead atoms. The van der Waals surface area contributed by atoms with Gasteiger partial charge in [0.15, 0.2) is 0 Å². The van der Waals surface area contributed by atoms with E-state index in [0.29, 0.717) is 11.3 Å². The third-order valence-electron chi connectivity index (χ3n) is 2.41. The number of aromatic nitrogens is 2. The molecule has 0 aliphatic rings. The molecule has 0 saturated carbocycles. The van der Waals surface area contributed by atoms with Gasteiger partial charge < -0.3 is 5.73 Å². The molecule has 1 aromatic carbocycles. The van der Waals surface area contributed by atoms with Gasteiger partial charge in [-0.2, -0.15) is 0 Å². The molecule has 1 aromatic heterocycles. The fourth-order valence-corrected chi connectivity index (χ4v) is 1.85. The predicted octanol–water partition coefficient (Wildman–Crippen LogP) is 2.73. The van der Waals surface area contributed by atoms with E-state index in [4.69, 9.17) is 5.73 Å². The van der Waals surface area contributed by atoms with Crippen molar-refractivity contribution in [3.05, 3.63) is 57.8 Å². The van der Waals surface area contributed by atoms with Gasteiger partial charge in [0.2, 0.25) is 0 Å². The van der Waals surface area contributed by atoms with E-state index in [9.17, 15) is 4.39 Å². The molecule has 0 amide bonds. The number of rotatable bonds is 2. The maximum absolute atomic E-state index is 13.6. The summed E-state index contributed by atoms with van der Waals surface area (Å²) in [7, 11) is 0. The lowest BCUT2D eigenvalue weighted by molar-refractivity contribution is 0.596. The van der Waals surface area contributed by atoms with Crippen LogP contribution >= 0.6 is 15.9 Å². The van der Waals surface area contributed by atoms with Crippen LogP contribution in [0, 0.1) is 12.7 Å². The fraction of sp³-hybridized carbons (Fsp3) is 0.167. The summed E-state index contributed by atoms with van der Waals surface area (Å²) in [6.07, 6.45) is 3.19. The molecule has 1 heterocycles. The third kappa shape index (κ3) is 2.68. The number of nitrogens with zero attached hydrogens (tertiary/aromatic N) is 2. The number of benzene rings is 1. The van der Waals surface area contributed by atoms with Crippen molar-refractivity contribution >= 4 is 15.9 Å². The molecule has 0 aliphatic heterocycles. The van der Waals surface area contributed by atoms with Crippen molar-refractivity contribution in [1.29, 1.82) is 0 Å². The standard InChI is InChI=1S/C12H11BrFN3/c1-7-5-17-11(6-16-7)12(15)9-4-8(13)2-3-10(9)14/h2-6,12H,15H2,1H3. The second-order valence-corrected chi connectivity index (χ2v) is 4.64. The molecule has 0 radical (unpaired) electrons. The maximum Gasteiger partial charge on any atom is 0.128 e. The summed E-state index contributed by atoms with van der Waals surface area (Å²) in [5.74, 6) is -0.344. The van der Waals surface area contributed by atoms with Gasteiger partial charge in [-0.25, -0.2) is 4.39 Å². The second kappa shape index (κ2) is 4.89. The van der Waals surface area contributed by atoms with Crippen molar-refractivity contribution in [1.82, 2.24) is 9.97 Å². The Morgan fingerprint density at radius 1 is 1.29 bits per heavy atom. The van der Waals surface area contributed by atoms with Gasteiger partial charge in [0.25, 0.3) is 0 Å². The van der Waals surface area contributed by atoms with Crippen LogP contribution in [0.15, 0.2) is 35.1 Å². The summed E-state index contributed by atoms with van der Waals surface area (Å²) < 4.78 is 14.4. The molecular formula is C12H11BrFN3. The SMILES string of the molecule is Cc1cnc(C(N)c2cc(Br)ccc2F)cn1. The van der Waals surface area contributed by atoms with Gasteiger partial charge in [0.05, 0.1) is 23.6 Å². The van der Waals surface area contributed by atoms with Crippen LogP contribution in [0.5, 0.6) is 0 Å². The Morgan fingerprint density at radius 2 is 2.06 bits per heavy atom. The molecule has 0 saturated heterocycles. The lowest BCUT2D eigenvalue weighted by atomic mass is 10.0. The maximum atomic E-state index is 13.6. The molecule has 1 unspecified atom stereocenters. The summed E-state index contributed by atoms with van der Waals surface area (Å²) in [5.41, 5.74) is 7.72. The first kappa shape index (κ1) is 12.1. The first-order valence-electron chi connectivity index (χ1n) is 5.07. The number of halogens is 2. The van der Waals surface area contributed by atoms with Crippen LogP contribution in [0.1, 0.15) is 23.0 Å². The molecule has 17 heavy (non-hydrogen) atoms. The minimum atomic E-state index is -0.611. The van der Waals surface area contributed by atoms with Crippen LogP contribution in [-0.2, 0) is 0 Å². The van der Waals surface area contributed by atoms with E-state index < -0.39 is 6.04 Å². The largest absolute Gasteiger partial charge is 0.319 e. The molecule has 0 aliphatic carbocycles. The van der Waals surface area contributed by atoms with Gasteiger partial charge in [-0.1, -0.05) is 15.9 Å². The van der Waals surface area contributed by atoms with Crippen molar-refractivity contribution < 1.29 is 4.39 Å². The van der Waals surface area contributed by atoms with Crippen LogP contribution in [0.4, 0.5) is 4.39 Å². The fourth-order valence-electron chi connectivity index (χ4n) is 1.48. The number of hydrogen-bond acceptors (Lipinski definition) is 3. The van der Waals surface area contributed by atoms with E-state index in [1.54, 1.807) is 24.5 Å². The smallest absolute Gasteiger partial charge is 0.128 e. The van der Waals surface area contributed by atoms with Crippen LogP contribution < -0.4 is 5.73 Å². The van der Waals surface area contributed by atoms with Gasteiger partial charge in [0, 0.05) is 16.2 Å². The highest BCUT2D eigenvalue weighted by molar-refractivity contribution is 9.10. The summed E-state index contributed by atoms with van der Waals surface area (Å²) in [6.45, 7) is 1.84. The number of hydrogen-bond donors (Lipinski definition) is 1. The van der Waals surface area contributed by atoms with E-state index in [1.165, 1.54) is 6.07 Å². The first-order chi connectivity index (χ1) is 8.08. The third-order valence-corrected chi connectivity index (χ3v) is 2.91. The van der Waals surface area contributed by atoms with Gasteiger partial charge in [-0.3, -0.25) is 9.97 Å². The average molecular weight is 296 g/mol. The molecule has 0 fully saturated rings. The summed E-state index contributed by atoms with van der Waals surface area (Å²) >= 11 is 3.29. The monoisotopic (exact) mass is 295 g/mol. The van der Waals surface area contributed by atoms with E-state index in [-0.39, 0.29) is 5.82 Å². The summed E-state index contributed by atoms with van der Waals surface area (Å²) in [4.78, 5) is 8.26. The van der Waals surface area contributed by atoms with Gasteiger partial charge in [-0.15, -0.1) is 0 Å². The molecule has 2 N–H and O–H groups in total. The Hall–Kier alpha value is -1.33. The molecule has 0 spiro atoms. The number of aryl methyl sites for hydroxylation is 1. The van der Waals surface area contributed by atoms with Gasteiger partial charge in [-0.05, 0) is 25.1 Å². The average Bonchev–Trinajstić information content (AvgIpc) is 2.32. The van der Waals surface area contributed by atoms with E-state index in [0.717, 1.165) is 10.2 Å². The lowest BCUT2D eigenvalue weighted by Gasteiger charge is -2.12. The zero-order valence-electron chi connectivity index (χ0n) is 9.19. The lowest BCUT2D eigenvalue weighted by Crippen LogP contribution is -2.15. The normalized spacial score (nSPS) is 12.5. The van der Waals surface area contributed by atoms with Crippen LogP contribution in [0.25, 0.3) is 0 Å². The number of nitrogens with two attached hydrogens (primary N) is 1. The second-order valence-electron chi connectivity index (χ2n) is 3.73. The highest BCUT2D eigenvalue weighted by Crippen LogP contribution is 2.23. The Labute approximate surface area is 107 Å². The van der Waals surface area contributed by atoms with E-state index in [2.05, 4.69) is 25.9 Å². The molecule has 1 atom stereocenters. The summed E-state index contributed by atoms with van der Waals surface area (Å²) in [6, 6.07) is 4.05. The predicted molar refractivity (Wildman–Crippen MR) is 66.9 cm³/mol. The Morgan fingerprint density at radius 3 is 2.71 bits per heavy atom. The zero-order valence-corrected chi connectivity index (χ0v) is 10.8. The van der Waals surface area contributed by atoms with Crippen LogP contribution in [0.3, 0.4) is 0 Å². The highest BCUT2D eigenvalue weighted by Gasteiger charge is 2.15. The summed E-state index contributed by atoms with van der Waals surface area (Å²) in [5, 5.41) is 0. The Balaban J connectivity index is 2.39. The van der Waals surface area contributed by atoms with Gasteiger partial charge in [0.1, 0.15) is 5.82 Å². The molecule has 5 heteroatoms. The minimum absolute atomic E-state index is 0.344. The topological polar surface area (TPSA) is 51.8 Å². The van der Waals surface area contributed by atoms with Crippen LogP contribution in [0.2, 0.25) is 0 Å². The molecular weight excluding hydrogens is 285 g/mol. The molecule has 3 nitrogen and oxygen atoms in total. The quantitative estimate of drug-likeness (QED) is 0.927. The Kier molecular flexibility index (Phi) is 3.49. The first-order valence-corrected chi connectivity index (χ1v) is 5.86. The van der Waals surface area contributed by atoms with E-state index in [1.807, 2.05) is 6.92 Å². The van der Waals surface area contributed by atoms with Crippen molar-refractivity contribution in [2.75, 3.05) is 0 Å². The molecule has 2 rings (SSSR count). The van der Waals surface area contributed by atoms with Crippen molar-refractivity contribution in [2.45, 2.75) is 13.0 Å². The van der Waals surface area contributed by atoms with Crippen molar-refractivity contribution in [3.63, 3.8) is 0 Å². The van der Waals surface area contributed by atoms with Crippen molar-refractivity contribution in [2.24, 2.45) is 5.73 Å². The van der Waals surface area contributed by atoms with Crippen LogP contribution in [-0.4, -0.2) is 9.97 Å². The Bertz CT molecular complexity index is 528.